The molecule has 0 bridgehead atoms. The third-order valence-electron chi connectivity index (χ3n) is 3.52. The number of methoxy groups -OCH3 is 1. The highest BCUT2D eigenvalue weighted by Gasteiger charge is 2.14. The molecule has 1 amide bonds. The lowest BCUT2D eigenvalue weighted by Crippen LogP contribution is -2.26. The average molecular weight is 313 g/mol. The summed E-state index contributed by atoms with van der Waals surface area (Å²) in [6, 6.07) is 15.0. The van der Waals surface area contributed by atoms with Crippen molar-refractivity contribution in [2.24, 2.45) is 0 Å². The molecule has 0 heterocycles. The zero-order valence-electron chi connectivity index (χ0n) is 13.9. The van der Waals surface area contributed by atoms with E-state index in [0.717, 1.165) is 23.5 Å². The van der Waals surface area contributed by atoms with Gasteiger partial charge in [-0.05, 0) is 36.8 Å². The summed E-state index contributed by atoms with van der Waals surface area (Å²) in [5, 5.41) is 0. The number of ether oxygens (including phenoxy) is 2. The van der Waals surface area contributed by atoms with Gasteiger partial charge in [-0.15, -0.1) is 0 Å². The van der Waals surface area contributed by atoms with E-state index in [1.807, 2.05) is 36.4 Å². The number of nitrogens with zero attached hydrogens (tertiary/aromatic N) is 1. The van der Waals surface area contributed by atoms with Crippen LogP contribution in [0.4, 0.5) is 0 Å². The van der Waals surface area contributed by atoms with Gasteiger partial charge in [0, 0.05) is 24.7 Å². The third kappa shape index (κ3) is 4.49. The Balaban J connectivity index is 2.04. The lowest BCUT2D eigenvalue weighted by atomic mass is 10.1. The van der Waals surface area contributed by atoms with Gasteiger partial charge in [-0.3, -0.25) is 4.79 Å². The molecule has 4 heteroatoms. The maximum Gasteiger partial charge on any atom is 0.253 e. The van der Waals surface area contributed by atoms with E-state index in [1.54, 1.807) is 31.2 Å². The molecule has 23 heavy (non-hydrogen) atoms. The number of benzene rings is 2. The number of rotatable bonds is 7. The molecule has 0 spiro atoms. The van der Waals surface area contributed by atoms with E-state index >= 15 is 0 Å². The highest BCUT2D eigenvalue weighted by atomic mass is 16.5. The highest BCUT2D eigenvalue weighted by Crippen LogP contribution is 2.20. The molecule has 0 fully saturated rings. The Morgan fingerprint density at radius 1 is 1.09 bits per heavy atom. The van der Waals surface area contributed by atoms with Crippen molar-refractivity contribution in [2.75, 3.05) is 20.8 Å². The quantitative estimate of drug-likeness (QED) is 0.781. The Bertz CT molecular complexity index is 637. The van der Waals surface area contributed by atoms with Crippen molar-refractivity contribution in [1.82, 2.24) is 4.90 Å². The van der Waals surface area contributed by atoms with Gasteiger partial charge in [0.2, 0.25) is 0 Å². The molecule has 0 aliphatic heterocycles. The number of carbonyl (C=O) groups is 1. The number of carbonyl (C=O) groups excluding carboxylic acids is 1. The van der Waals surface area contributed by atoms with Crippen molar-refractivity contribution in [3.05, 3.63) is 59.7 Å². The van der Waals surface area contributed by atoms with Crippen LogP contribution in [-0.4, -0.2) is 31.6 Å². The first kappa shape index (κ1) is 16.9. The Morgan fingerprint density at radius 2 is 1.78 bits per heavy atom. The van der Waals surface area contributed by atoms with Gasteiger partial charge in [-0.2, -0.15) is 0 Å². The topological polar surface area (TPSA) is 38.8 Å². The largest absolute Gasteiger partial charge is 0.496 e. The fourth-order valence-electron chi connectivity index (χ4n) is 2.29. The fourth-order valence-corrected chi connectivity index (χ4v) is 2.29. The van der Waals surface area contributed by atoms with Crippen molar-refractivity contribution in [3.63, 3.8) is 0 Å². The van der Waals surface area contributed by atoms with Crippen LogP contribution >= 0.6 is 0 Å². The summed E-state index contributed by atoms with van der Waals surface area (Å²) in [7, 11) is 3.42. The summed E-state index contributed by atoms with van der Waals surface area (Å²) in [6.45, 7) is 3.24. The summed E-state index contributed by atoms with van der Waals surface area (Å²) >= 11 is 0. The summed E-state index contributed by atoms with van der Waals surface area (Å²) in [5.41, 5.74) is 1.62. The van der Waals surface area contributed by atoms with Crippen molar-refractivity contribution in [2.45, 2.75) is 19.9 Å². The van der Waals surface area contributed by atoms with Gasteiger partial charge in [-0.25, -0.2) is 0 Å². The van der Waals surface area contributed by atoms with Crippen LogP contribution in [0.5, 0.6) is 11.5 Å². The molecule has 0 unspecified atom stereocenters. The molecule has 0 aliphatic rings. The Morgan fingerprint density at radius 3 is 2.43 bits per heavy atom. The van der Waals surface area contributed by atoms with Gasteiger partial charge in [0.05, 0.1) is 13.7 Å². The Hall–Kier alpha value is -2.49. The third-order valence-corrected chi connectivity index (χ3v) is 3.52. The van der Waals surface area contributed by atoms with Gasteiger partial charge >= 0.3 is 0 Å². The Kier molecular flexibility index (Phi) is 6.03. The first-order valence-corrected chi connectivity index (χ1v) is 7.76. The molecule has 0 saturated heterocycles. The van der Waals surface area contributed by atoms with E-state index in [4.69, 9.17) is 9.47 Å². The summed E-state index contributed by atoms with van der Waals surface area (Å²) in [6.07, 6.45) is 0.961. The standard InChI is InChI=1S/C19H23NO3/c1-4-13-23-17-11-9-15(10-12-17)19(21)20(2)14-16-7-5-6-8-18(16)22-3/h5-12H,4,13-14H2,1-3H3. The molecular weight excluding hydrogens is 290 g/mol. The normalized spacial score (nSPS) is 10.2. The minimum atomic E-state index is -0.0297. The van der Waals surface area contributed by atoms with Crippen molar-refractivity contribution in [3.8, 4) is 11.5 Å². The summed E-state index contributed by atoms with van der Waals surface area (Å²) in [4.78, 5) is 14.2. The van der Waals surface area contributed by atoms with Crippen LogP contribution in [0.1, 0.15) is 29.3 Å². The van der Waals surface area contributed by atoms with Crippen molar-refractivity contribution < 1.29 is 14.3 Å². The maximum absolute atomic E-state index is 12.5. The van der Waals surface area contributed by atoms with Crippen LogP contribution in [0, 0.1) is 0 Å². The zero-order chi connectivity index (χ0) is 16.7. The molecule has 0 aliphatic carbocycles. The van der Waals surface area contributed by atoms with Crippen molar-refractivity contribution in [1.29, 1.82) is 0 Å². The first-order valence-electron chi connectivity index (χ1n) is 7.76. The second kappa shape index (κ2) is 8.22. The smallest absolute Gasteiger partial charge is 0.253 e. The molecule has 2 rings (SSSR count). The first-order chi connectivity index (χ1) is 11.2. The van der Waals surface area contributed by atoms with Gasteiger partial charge in [0.1, 0.15) is 11.5 Å². The minimum Gasteiger partial charge on any atom is -0.496 e. The molecule has 4 nitrogen and oxygen atoms in total. The van der Waals surface area contributed by atoms with Gasteiger partial charge in [-0.1, -0.05) is 25.1 Å². The van der Waals surface area contributed by atoms with E-state index in [0.29, 0.717) is 18.7 Å². The van der Waals surface area contributed by atoms with Gasteiger partial charge in [0.15, 0.2) is 0 Å². The van der Waals surface area contributed by atoms with Crippen LogP contribution < -0.4 is 9.47 Å². The summed E-state index contributed by atoms with van der Waals surface area (Å²) in [5.74, 6) is 1.55. The lowest BCUT2D eigenvalue weighted by Gasteiger charge is -2.19. The summed E-state index contributed by atoms with van der Waals surface area (Å²) < 4.78 is 10.9. The number of hydrogen-bond acceptors (Lipinski definition) is 3. The minimum absolute atomic E-state index is 0.0297. The number of para-hydroxylation sites is 1. The number of hydrogen-bond donors (Lipinski definition) is 0. The van der Waals surface area contributed by atoms with Gasteiger partial charge in [0.25, 0.3) is 5.91 Å². The van der Waals surface area contributed by atoms with E-state index in [1.165, 1.54) is 0 Å². The fraction of sp³-hybridized carbons (Fsp3) is 0.316. The van der Waals surface area contributed by atoms with Crippen molar-refractivity contribution >= 4 is 5.91 Å². The van der Waals surface area contributed by atoms with Crippen LogP contribution in [0.2, 0.25) is 0 Å². The zero-order valence-corrected chi connectivity index (χ0v) is 13.9. The predicted octanol–water partition coefficient (Wildman–Crippen LogP) is 3.76. The van der Waals surface area contributed by atoms with Gasteiger partial charge < -0.3 is 14.4 Å². The molecule has 122 valence electrons. The van der Waals surface area contributed by atoms with Crippen LogP contribution in [-0.2, 0) is 6.54 Å². The second-order valence-electron chi connectivity index (χ2n) is 5.35. The molecule has 0 atom stereocenters. The Labute approximate surface area is 137 Å². The van der Waals surface area contributed by atoms with Crippen LogP contribution in [0.15, 0.2) is 48.5 Å². The average Bonchev–Trinajstić information content (AvgIpc) is 2.60. The van der Waals surface area contributed by atoms with Crippen LogP contribution in [0.3, 0.4) is 0 Å². The molecular formula is C19H23NO3. The maximum atomic E-state index is 12.5. The van der Waals surface area contributed by atoms with E-state index < -0.39 is 0 Å². The monoisotopic (exact) mass is 313 g/mol. The van der Waals surface area contributed by atoms with E-state index in [2.05, 4.69) is 6.92 Å². The molecule has 0 radical (unpaired) electrons. The molecule has 0 aromatic heterocycles. The molecule has 2 aromatic rings. The van der Waals surface area contributed by atoms with E-state index in [9.17, 15) is 4.79 Å². The second-order valence-corrected chi connectivity index (χ2v) is 5.35. The SMILES string of the molecule is CCCOc1ccc(C(=O)N(C)Cc2ccccc2OC)cc1. The predicted molar refractivity (Wildman–Crippen MR) is 91.0 cm³/mol. The molecule has 2 aromatic carbocycles. The molecule has 0 N–H and O–H groups in total. The molecule has 0 saturated carbocycles. The van der Waals surface area contributed by atoms with E-state index in [-0.39, 0.29) is 5.91 Å². The number of amides is 1. The highest BCUT2D eigenvalue weighted by molar-refractivity contribution is 5.94. The van der Waals surface area contributed by atoms with Crippen LogP contribution in [0.25, 0.3) is 0 Å². The lowest BCUT2D eigenvalue weighted by molar-refractivity contribution is 0.0784.